The Morgan fingerprint density at radius 1 is 1.08 bits per heavy atom. The average molecular weight is 486 g/mol. The Labute approximate surface area is 211 Å². The van der Waals surface area contributed by atoms with Crippen LogP contribution in [0.5, 0.6) is 5.75 Å². The van der Waals surface area contributed by atoms with Crippen LogP contribution < -0.4 is 20.7 Å². The van der Waals surface area contributed by atoms with Gasteiger partial charge in [-0.2, -0.15) is 5.26 Å². The minimum Gasteiger partial charge on any atom is -0.497 e. The third kappa shape index (κ3) is 6.54. The van der Waals surface area contributed by atoms with E-state index in [1.807, 2.05) is 76.2 Å². The molecule has 0 saturated carbocycles. The van der Waals surface area contributed by atoms with Crippen LogP contribution in [0.15, 0.2) is 60.2 Å². The molecule has 2 aromatic carbocycles. The molecule has 0 aliphatic carbocycles. The second-order valence-electron chi connectivity index (χ2n) is 8.66. The zero-order valence-electron chi connectivity index (χ0n) is 21.2. The Kier molecular flexibility index (Phi) is 8.52. The van der Waals surface area contributed by atoms with E-state index in [0.717, 1.165) is 34.0 Å². The smallest absolute Gasteiger partial charge is 0.319 e. The summed E-state index contributed by atoms with van der Waals surface area (Å²) in [6.07, 6.45) is 1.61. The largest absolute Gasteiger partial charge is 0.497 e. The van der Waals surface area contributed by atoms with Crippen molar-refractivity contribution in [2.75, 3.05) is 12.4 Å². The second-order valence-corrected chi connectivity index (χ2v) is 8.66. The summed E-state index contributed by atoms with van der Waals surface area (Å²) in [4.78, 5) is 24.5. The van der Waals surface area contributed by atoms with Crippen molar-refractivity contribution >= 4 is 23.7 Å². The van der Waals surface area contributed by atoms with E-state index in [1.54, 1.807) is 25.3 Å². The lowest BCUT2D eigenvalue weighted by atomic mass is 10.1. The van der Waals surface area contributed by atoms with Crippen molar-refractivity contribution in [1.82, 2.24) is 15.2 Å². The van der Waals surface area contributed by atoms with E-state index >= 15 is 0 Å². The Morgan fingerprint density at radius 2 is 1.75 bits per heavy atom. The molecule has 8 nitrogen and oxygen atoms in total. The molecular formula is C28H31N5O3. The summed E-state index contributed by atoms with van der Waals surface area (Å²) >= 11 is 0. The van der Waals surface area contributed by atoms with Crippen molar-refractivity contribution in [2.24, 2.45) is 0 Å². The number of methoxy groups -OCH3 is 1. The maximum atomic E-state index is 12.7. The molecule has 0 aliphatic heterocycles. The highest BCUT2D eigenvalue weighted by Crippen LogP contribution is 2.24. The number of aryl methyl sites for hydroxylation is 1. The van der Waals surface area contributed by atoms with Crippen molar-refractivity contribution in [3.05, 3.63) is 82.7 Å². The van der Waals surface area contributed by atoms with Crippen LogP contribution in [-0.2, 0) is 11.3 Å². The Balaban J connectivity index is 1.68. The first kappa shape index (κ1) is 26.1. The third-order valence-electron chi connectivity index (χ3n) is 5.55. The van der Waals surface area contributed by atoms with Gasteiger partial charge < -0.3 is 25.3 Å². The van der Waals surface area contributed by atoms with Crippen molar-refractivity contribution in [2.45, 2.75) is 40.3 Å². The number of anilines is 1. The fourth-order valence-electron chi connectivity index (χ4n) is 3.78. The molecule has 0 atom stereocenters. The van der Waals surface area contributed by atoms with E-state index < -0.39 is 5.91 Å². The number of hydrogen-bond acceptors (Lipinski definition) is 4. The molecule has 36 heavy (non-hydrogen) atoms. The number of carbonyl (C=O) groups is 2. The predicted molar refractivity (Wildman–Crippen MR) is 141 cm³/mol. The van der Waals surface area contributed by atoms with Gasteiger partial charge in [-0.1, -0.05) is 12.1 Å². The number of nitrogens with zero attached hydrogens (tertiary/aromatic N) is 2. The minimum atomic E-state index is -0.453. The van der Waals surface area contributed by atoms with E-state index in [9.17, 15) is 14.9 Å². The van der Waals surface area contributed by atoms with Crippen molar-refractivity contribution in [3.8, 4) is 17.5 Å². The lowest BCUT2D eigenvalue weighted by molar-refractivity contribution is -0.117. The molecule has 0 fully saturated rings. The van der Waals surface area contributed by atoms with E-state index in [2.05, 4.69) is 20.5 Å². The van der Waals surface area contributed by atoms with Crippen LogP contribution in [0, 0.1) is 25.2 Å². The summed E-state index contributed by atoms with van der Waals surface area (Å²) in [5, 5.41) is 17.9. The van der Waals surface area contributed by atoms with Gasteiger partial charge in [0, 0.05) is 35.3 Å². The van der Waals surface area contributed by atoms with Crippen LogP contribution in [0.25, 0.3) is 11.8 Å². The summed E-state index contributed by atoms with van der Waals surface area (Å²) in [6.45, 7) is 7.95. The highest BCUT2D eigenvalue weighted by atomic mass is 16.5. The maximum absolute atomic E-state index is 12.7. The Morgan fingerprint density at radius 3 is 2.33 bits per heavy atom. The first-order chi connectivity index (χ1) is 17.2. The van der Waals surface area contributed by atoms with Gasteiger partial charge in [-0.25, -0.2) is 4.79 Å². The van der Waals surface area contributed by atoms with Crippen LogP contribution in [0.3, 0.4) is 0 Å². The van der Waals surface area contributed by atoms with Gasteiger partial charge in [-0.3, -0.25) is 4.79 Å². The van der Waals surface area contributed by atoms with Crippen LogP contribution in [0.4, 0.5) is 10.5 Å². The average Bonchev–Trinajstić information content (AvgIpc) is 3.13. The molecule has 3 amide bonds. The van der Waals surface area contributed by atoms with Crippen LogP contribution in [-0.4, -0.2) is 29.7 Å². The number of nitriles is 1. The number of hydrogen-bond donors (Lipinski definition) is 3. The summed E-state index contributed by atoms with van der Waals surface area (Å²) in [6, 6.07) is 18.6. The number of amides is 3. The Bertz CT molecular complexity index is 1300. The molecule has 0 spiro atoms. The molecule has 1 aromatic heterocycles. The topological polar surface area (TPSA) is 108 Å². The molecular weight excluding hydrogens is 454 g/mol. The number of aromatic nitrogens is 1. The summed E-state index contributed by atoms with van der Waals surface area (Å²) in [5.74, 6) is 0.317. The highest BCUT2D eigenvalue weighted by Gasteiger charge is 2.14. The first-order valence-corrected chi connectivity index (χ1v) is 11.6. The molecule has 0 unspecified atom stereocenters. The second kappa shape index (κ2) is 11.8. The quantitative estimate of drug-likeness (QED) is 0.313. The highest BCUT2D eigenvalue weighted by molar-refractivity contribution is 6.01. The molecule has 0 saturated heterocycles. The fraction of sp³-hybridized carbons (Fsp3) is 0.250. The molecule has 0 aliphatic rings. The molecule has 1 heterocycles. The molecule has 0 bridgehead atoms. The number of nitrogens with one attached hydrogen (secondary N) is 3. The Hall–Kier alpha value is -4.51. The fourth-order valence-corrected chi connectivity index (χ4v) is 3.78. The molecule has 3 aromatic rings. The monoisotopic (exact) mass is 485 g/mol. The van der Waals surface area contributed by atoms with Crippen LogP contribution in [0.2, 0.25) is 0 Å². The normalized spacial score (nSPS) is 11.1. The van der Waals surface area contributed by atoms with Gasteiger partial charge in [0.25, 0.3) is 5.91 Å². The van der Waals surface area contributed by atoms with Gasteiger partial charge >= 0.3 is 6.03 Å². The zero-order chi connectivity index (χ0) is 26.2. The number of carbonyl (C=O) groups excluding carboxylic acids is 2. The number of urea groups is 1. The number of rotatable bonds is 8. The predicted octanol–water partition coefficient (Wildman–Crippen LogP) is 4.86. The van der Waals surface area contributed by atoms with Gasteiger partial charge in [0.05, 0.1) is 7.11 Å². The first-order valence-electron chi connectivity index (χ1n) is 11.6. The van der Waals surface area contributed by atoms with E-state index in [1.165, 1.54) is 0 Å². The van der Waals surface area contributed by atoms with Gasteiger partial charge in [-0.05, 0) is 87.4 Å². The molecule has 3 N–H and O–H groups in total. The van der Waals surface area contributed by atoms with Crippen LogP contribution in [0.1, 0.15) is 36.4 Å². The molecule has 0 radical (unpaired) electrons. The van der Waals surface area contributed by atoms with Gasteiger partial charge in [0.15, 0.2) is 0 Å². The SMILES string of the molecule is COc1ccc(-n2c(C)cc(/C=C(/C#N)C(=O)NCc3ccc(NC(=O)NC(C)C)cc3)c2C)cc1. The van der Waals surface area contributed by atoms with Crippen molar-refractivity contribution in [1.29, 1.82) is 5.26 Å². The summed E-state index contributed by atoms with van der Waals surface area (Å²) < 4.78 is 7.30. The minimum absolute atomic E-state index is 0.0219. The van der Waals surface area contributed by atoms with Crippen molar-refractivity contribution < 1.29 is 14.3 Å². The van der Waals surface area contributed by atoms with Gasteiger partial charge in [0.2, 0.25) is 0 Å². The lowest BCUT2D eigenvalue weighted by Crippen LogP contribution is -2.34. The molecule has 186 valence electrons. The van der Waals surface area contributed by atoms with Crippen LogP contribution >= 0.6 is 0 Å². The van der Waals surface area contributed by atoms with E-state index in [0.29, 0.717) is 5.69 Å². The van der Waals surface area contributed by atoms with Crippen molar-refractivity contribution in [3.63, 3.8) is 0 Å². The molecule has 8 heteroatoms. The summed E-state index contributed by atoms with van der Waals surface area (Å²) in [5.41, 5.74) is 5.17. The number of ether oxygens (including phenoxy) is 1. The van der Waals surface area contributed by atoms with E-state index in [-0.39, 0.29) is 24.2 Å². The van der Waals surface area contributed by atoms with Gasteiger partial charge in [-0.15, -0.1) is 0 Å². The van der Waals surface area contributed by atoms with Gasteiger partial charge in [0.1, 0.15) is 17.4 Å². The molecule has 3 rings (SSSR count). The lowest BCUT2D eigenvalue weighted by Gasteiger charge is -2.11. The maximum Gasteiger partial charge on any atom is 0.319 e. The number of benzene rings is 2. The standard InChI is InChI=1S/C28H31N5O3/c1-18(2)31-28(35)32-24-8-6-21(7-9-24)17-30-27(34)23(16-29)15-22-14-19(3)33(20(22)4)25-10-12-26(36-5)13-11-25/h6-15,18H,17H2,1-5H3,(H,30,34)(H2,31,32,35)/b23-15-. The zero-order valence-corrected chi connectivity index (χ0v) is 21.2. The third-order valence-corrected chi connectivity index (χ3v) is 5.55. The van der Waals surface area contributed by atoms with E-state index in [4.69, 9.17) is 4.74 Å². The summed E-state index contributed by atoms with van der Waals surface area (Å²) in [7, 11) is 1.62.